The van der Waals surface area contributed by atoms with Gasteiger partial charge in [-0.3, -0.25) is 0 Å². The average molecular weight is 420 g/mol. The molecule has 0 unspecified atom stereocenters. The molecule has 0 saturated heterocycles. The maximum atomic E-state index is 12.3. The average Bonchev–Trinajstić information content (AvgIpc) is 3.27. The highest BCUT2D eigenvalue weighted by molar-refractivity contribution is 7.90. The number of alkyl halides is 2. The maximum absolute atomic E-state index is 12.3. The number of benzene rings is 2. The molecule has 150 valence electrons. The van der Waals surface area contributed by atoms with Crippen LogP contribution < -0.4 is 4.74 Å². The van der Waals surface area contributed by atoms with Crippen molar-refractivity contribution >= 4 is 20.9 Å². The van der Waals surface area contributed by atoms with Crippen LogP contribution in [0.2, 0.25) is 0 Å². The van der Waals surface area contributed by atoms with E-state index in [0.29, 0.717) is 22.5 Å². The molecular weight excluding hydrogens is 406 g/mol. The van der Waals surface area contributed by atoms with E-state index in [9.17, 15) is 17.2 Å². The summed E-state index contributed by atoms with van der Waals surface area (Å²) in [7, 11) is -3.61. The molecule has 0 amide bonds. The van der Waals surface area contributed by atoms with Gasteiger partial charge in [-0.05, 0) is 46.8 Å². The van der Waals surface area contributed by atoms with Crippen LogP contribution in [0.25, 0.3) is 16.7 Å². The van der Waals surface area contributed by atoms with Gasteiger partial charge in [0.15, 0.2) is 5.82 Å². The number of halogens is 2. The van der Waals surface area contributed by atoms with Gasteiger partial charge in [0.05, 0.1) is 23.3 Å². The molecule has 4 aromatic rings. The molecular formula is C17H14F2N6O3S. The lowest BCUT2D eigenvalue weighted by Gasteiger charge is -2.09. The third-order valence-corrected chi connectivity index (χ3v) is 5.07. The number of ether oxygens (including phenoxy) is 1. The van der Waals surface area contributed by atoms with Gasteiger partial charge in [-0.15, -0.1) is 5.10 Å². The Morgan fingerprint density at radius 3 is 2.52 bits per heavy atom. The van der Waals surface area contributed by atoms with Crippen molar-refractivity contribution in [2.45, 2.75) is 18.3 Å². The summed E-state index contributed by atoms with van der Waals surface area (Å²) in [5, 5.41) is 11.4. The SMILES string of the molecule is CS(=O)(=O)c1nc2ccccc2n1Cc1nnnn1-c1ccc(OC(F)F)cc1. The first-order chi connectivity index (χ1) is 13.8. The van der Waals surface area contributed by atoms with Crippen molar-refractivity contribution < 1.29 is 21.9 Å². The van der Waals surface area contributed by atoms with Crippen molar-refractivity contribution in [2.75, 3.05) is 6.26 Å². The Hall–Kier alpha value is -3.41. The molecule has 0 aliphatic heterocycles. The fourth-order valence-electron chi connectivity index (χ4n) is 2.90. The van der Waals surface area contributed by atoms with E-state index in [4.69, 9.17) is 0 Å². The Balaban J connectivity index is 1.74. The molecule has 2 aromatic carbocycles. The normalized spacial score (nSPS) is 12.0. The number of nitrogens with zero attached hydrogens (tertiary/aromatic N) is 6. The number of aromatic nitrogens is 6. The quantitative estimate of drug-likeness (QED) is 0.470. The molecule has 0 aliphatic carbocycles. The van der Waals surface area contributed by atoms with Gasteiger partial charge >= 0.3 is 6.61 Å². The zero-order valence-corrected chi connectivity index (χ0v) is 15.8. The number of tetrazole rings is 1. The van der Waals surface area contributed by atoms with Crippen LogP contribution >= 0.6 is 0 Å². The fourth-order valence-corrected chi connectivity index (χ4v) is 3.73. The fraction of sp³-hybridized carbons (Fsp3) is 0.176. The van der Waals surface area contributed by atoms with Crippen LogP contribution in [0.3, 0.4) is 0 Å². The molecule has 29 heavy (non-hydrogen) atoms. The Labute approximate surface area is 163 Å². The second-order valence-corrected chi connectivity index (χ2v) is 8.03. The van der Waals surface area contributed by atoms with Crippen molar-refractivity contribution in [2.24, 2.45) is 0 Å². The first-order valence-corrected chi connectivity index (χ1v) is 10.2. The molecule has 2 aromatic heterocycles. The molecule has 0 N–H and O–H groups in total. The summed E-state index contributed by atoms with van der Waals surface area (Å²) in [5.41, 5.74) is 1.64. The zero-order valence-electron chi connectivity index (χ0n) is 15.0. The monoisotopic (exact) mass is 420 g/mol. The van der Waals surface area contributed by atoms with Crippen molar-refractivity contribution in [1.82, 2.24) is 29.8 Å². The van der Waals surface area contributed by atoms with Crippen LogP contribution in [0.15, 0.2) is 53.7 Å². The van der Waals surface area contributed by atoms with Crippen molar-refractivity contribution in [3.8, 4) is 11.4 Å². The van der Waals surface area contributed by atoms with Crippen molar-refractivity contribution in [1.29, 1.82) is 0 Å². The highest BCUT2D eigenvalue weighted by Gasteiger charge is 2.21. The molecule has 0 aliphatic rings. The van der Waals surface area contributed by atoms with E-state index in [-0.39, 0.29) is 17.5 Å². The van der Waals surface area contributed by atoms with Crippen LogP contribution in [0.4, 0.5) is 8.78 Å². The molecule has 2 heterocycles. The van der Waals surface area contributed by atoms with Gasteiger partial charge in [0.2, 0.25) is 15.0 Å². The lowest BCUT2D eigenvalue weighted by molar-refractivity contribution is -0.0498. The van der Waals surface area contributed by atoms with E-state index in [1.54, 1.807) is 24.3 Å². The summed E-state index contributed by atoms with van der Waals surface area (Å²) in [4.78, 5) is 4.22. The highest BCUT2D eigenvalue weighted by Crippen LogP contribution is 2.22. The number of sulfone groups is 1. The second kappa shape index (κ2) is 7.20. The van der Waals surface area contributed by atoms with Gasteiger partial charge in [0.25, 0.3) is 0 Å². The van der Waals surface area contributed by atoms with E-state index in [0.717, 1.165) is 6.26 Å². The lowest BCUT2D eigenvalue weighted by Crippen LogP contribution is -2.14. The zero-order chi connectivity index (χ0) is 20.6. The van der Waals surface area contributed by atoms with Crippen molar-refractivity contribution in [3.63, 3.8) is 0 Å². The Morgan fingerprint density at radius 2 is 1.83 bits per heavy atom. The molecule has 0 radical (unpaired) electrons. The van der Waals surface area contributed by atoms with E-state index in [1.807, 2.05) is 0 Å². The summed E-state index contributed by atoms with van der Waals surface area (Å²) in [6.45, 7) is -2.89. The molecule has 4 rings (SSSR count). The van der Waals surface area contributed by atoms with Gasteiger partial charge in [-0.1, -0.05) is 12.1 Å². The smallest absolute Gasteiger partial charge is 0.387 e. The van der Waals surface area contributed by atoms with Gasteiger partial charge in [0.1, 0.15) is 5.75 Å². The van der Waals surface area contributed by atoms with Crippen LogP contribution in [-0.2, 0) is 16.4 Å². The standard InChI is InChI=1S/C17H14F2N6O3S/c1-29(26,27)17-20-13-4-2-3-5-14(13)24(17)10-15-21-22-23-25(15)11-6-8-12(9-7-11)28-16(18)19/h2-9,16H,10H2,1H3. The van der Waals surface area contributed by atoms with Gasteiger partial charge in [0, 0.05) is 6.26 Å². The highest BCUT2D eigenvalue weighted by atomic mass is 32.2. The first kappa shape index (κ1) is 18.9. The number of para-hydroxylation sites is 2. The number of hydrogen-bond donors (Lipinski definition) is 0. The Morgan fingerprint density at radius 1 is 1.10 bits per heavy atom. The molecule has 0 bridgehead atoms. The molecule has 0 saturated carbocycles. The van der Waals surface area contributed by atoms with Crippen LogP contribution in [0.5, 0.6) is 5.75 Å². The van der Waals surface area contributed by atoms with Crippen LogP contribution in [-0.4, -0.2) is 51.0 Å². The number of imidazole rings is 1. The van der Waals surface area contributed by atoms with Gasteiger partial charge < -0.3 is 9.30 Å². The minimum absolute atomic E-state index is 0.00154. The predicted molar refractivity (Wildman–Crippen MR) is 97.7 cm³/mol. The molecule has 12 heteroatoms. The third-order valence-electron chi connectivity index (χ3n) is 4.09. The third kappa shape index (κ3) is 3.78. The summed E-state index contributed by atoms with van der Waals surface area (Å²) < 4.78 is 56.3. The Kier molecular flexibility index (Phi) is 4.70. The minimum atomic E-state index is -3.61. The maximum Gasteiger partial charge on any atom is 0.387 e. The van der Waals surface area contributed by atoms with Crippen LogP contribution in [0.1, 0.15) is 5.82 Å². The van der Waals surface area contributed by atoms with Gasteiger partial charge in [-0.25, -0.2) is 13.4 Å². The second-order valence-electron chi connectivity index (χ2n) is 6.12. The number of hydrogen-bond acceptors (Lipinski definition) is 7. The molecule has 0 fully saturated rings. The van der Waals surface area contributed by atoms with Gasteiger partial charge in [-0.2, -0.15) is 13.5 Å². The lowest BCUT2D eigenvalue weighted by atomic mass is 10.3. The number of rotatable bonds is 6. The topological polar surface area (TPSA) is 105 Å². The first-order valence-electron chi connectivity index (χ1n) is 8.31. The predicted octanol–water partition coefficient (Wildman–Crippen LogP) is 2.07. The summed E-state index contributed by atoms with van der Waals surface area (Å²) >= 11 is 0. The summed E-state index contributed by atoms with van der Waals surface area (Å²) in [6.07, 6.45) is 1.08. The molecule has 0 atom stereocenters. The van der Waals surface area contributed by atoms with E-state index < -0.39 is 16.4 Å². The van der Waals surface area contributed by atoms with E-state index >= 15 is 0 Å². The van der Waals surface area contributed by atoms with Crippen molar-refractivity contribution in [3.05, 3.63) is 54.4 Å². The molecule has 9 nitrogen and oxygen atoms in total. The Bertz CT molecular complexity index is 1270. The van der Waals surface area contributed by atoms with E-state index in [1.165, 1.54) is 33.5 Å². The van der Waals surface area contributed by atoms with E-state index in [2.05, 4.69) is 25.2 Å². The summed E-state index contributed by atoms with van der Waals surface area (Å²) in [6, 6.07) is 12.8. The minimum Gasteiger partial charge on any atom is -0.435 e. The molecule has 0 spiro atoms. The van der Waals surface area contributed by atoms with Crippen LogP contribution in [0, 0.1) is 0 Å². The summed E-state index contributed by atoms with van der Waals surface area (Å²) in [5.74, 6) is 0.332. The largest absolute Gasteiger partial charge is 0.435 e. The number of fused-ring (bicyclic) bond motifs is 1.